The van der Waals surface area contributed by atoms with Gasteiger partial charge in [0.2, 0.25) is 11.6 Å². The van der Waals surface area contributed by atoms with E-state index < -0.39 is 11.9 Å². The zero-order valence-electron chi connectivity index (χ0n) is 11.2. The number of nitrogens with two attached hydrogens (primary N) is 1. The second-order valence-corrected chi connectivity index (χ2v) is 4.51. The van der Waals surface area contributed by atoms with Crippen molar-refractivity contribution < 1.29 is 22.1 Å². The van der Waals surface area contributed by atoms with Crippen molar-refractivity contribution in [3.63, 3.8) is 0 Å². The van der Waals surface area contributed by atoms with E-state index >= 15 is 0 Å². The number of pyridine rings is 1. The summed E-state index contributed by atoms with van der Waals surface area (Å²) in [5, 5.41) is 3.70. The number of aryl methyl sites for hydroxylation is 1. The Kier molecular flexibility index (Phi) is 3.12. The first-order valence-electron chi connectivity index (χ1n) is 6.08. The number of nitrogens with zero attached hydrogens (tertiary/aromatic N) is 3. The van der Waals surface area contributed by atoms with Crippen molar-refractivity contribution in [1.82, 2.24) is 15.1 Å². The smallest absolute Gasteiger partial charge is 0.446 e. The number of furan rings is 1. The third-order valence-electron chi connectivity index (χ3n) is 2.90. The lowest BCUT2D eigenvalue weighted by Crippen LogP contribution is -2.01. The average molecular weight is 310 g/mol. The molecule has 0 aliphatic rings. The van der Waals surface area contributed by atoms with Gasteiger partial charge in [0, 0.05) is 11.8 Å². The van der Waals surface area contributed by atoms with Gasteiger partial charge in [-0.05, 0) is 30.7 Å². The van der Waals surface area contributed by atoms with E-state index in [9.17, 15) is 13.2 Å². The van der Waals surface area contributed by atoms with E-state index in [2.05, 4.69) is 19.5 Å². The fourth-order valence-electron chi connectivity index (χ4n) is 1.75. The minimum Gasteiger partial charge on any atom is -0.446 e. The molecule has 0 aliphatic heterocycles. The van der Waals surface area contributed by atoms with Gasteiger partial charge >= 0.3 is 6.18 Å². The summed E-state index contributed by atoms with van der Waals surface area (Å²) >= 11 is 0. The maximum absolute atomic E-state index is 12.5. The molecule has 3 aromatic rings. The largest absolute Gasteiger partial charge is 0.449 e. The van der Waals surface area contributed by atoms with Gasteiger partial charge in [0.15, 0.2) is 5.76 Å². The van der Waals surface area contributed by atoms with Crippen LogP contribution in [0, 0.1) is 6.92 Å². The van der Waals surface area contributed by atoms with E-state index in [4.69, 9.17) is 10.3 Å². The molecule has 3 rings (SSSR count). The Morgan fingerprint density at radius 2 is 2.00 bits per heavy atom. The molecule has 3 aromatic heterocycles. The van der Waals surface area contributed by atoms with Gasteiger partial charge in [-0.25, -0.2) is 4.98 Å². The molecule has 22 heavy (non-hydrogen) atoms. The lowest BCUT2D eigenvalue weighted by Gasteiger charge is -1.99. The molecule has 9 heteroatoms. The van der Waals surface area contributed by atoms with Crippen LogP contribution in [0.1, 0.15) is 11.3 Å². The second kappa shape index (κ2) is 4.86. The van der Waals surface area contributed by atoms with Crippen molar-refractivity contribution in [3.8, 4) is 23.0 Å². The second-order valence-electron chi connectivity index (χ2n) is 4.51. The third kappa shape index (κ3) is 2.52. The van der Waals surface area contributed by atoms with Crippen LogP contribution in [0.5, 0.6) is 0 Å². The predicted molar refractivity (Wildman–Crippen MR) is 69.4 cm³/mol. The molecule has 3 heterocycles. The Bertz CT molecular complexity index is 823. The van der Waals surface area contributed by atoms with Gasteiger partial charge in [0.05, 0.1) is 0 Å². The molecule has 0 unspecified atom stereocenters. The van der Waals surface area contributed by atoms with Gasteiger partial charge < -0.3 is 14.7 Å². The molecule has 0 aromatic carbocycles. The summed E-state index contributed by atoms with van der Waals surface area (Å²) < 4.78 is 47.1. The minimum absolute atomic E-state index is 0.153. The molecule has 0 saturated heterocycles. The molecule has 0 radical (unpaired) electrons. The number of anilines is 1. The van der Waals surface area contributed by atoms with Gasteiger partial charge in [-0.1, -0.05) is 5.16 Å². The molecule has 0 bridgehead atoms. The number of hydrogen-bond donors (Lipinski definition) is 1. The zero-order valence-corrected chi connectivity index (χ0v) is 11.2. The highest BCUT2D eigenvalue weighted by atomic mass is 19.4. The van der Waals surface area contributed by atoms with Crippen molar-refractivity contribution in [1.29, 1.82) is 0 Å². The molecule has 0 spiro atoms. The van der Waals surface area contributed by atoms with Gasteiger partial charge in [0.1, 0.15) is 5.82 Å². The van der Waals surface area contributed by atoms with Crippen LogP contribution < -0.4 is 5.73 Å². The highest BCUT2D eigenvalue weighted by Gasteiger charge is 2.35. The first kappa shape index (κ1) is 14.1. The summed E-state index contributed by atoms with van der Waals surface area (Å²) in [5.41, 5.74) is 6.86. The van der Waals surface area contributed by atoms with Crippen molar-refractivity contribution in [3.05, 3.63) is 35.7 Å². The summed E-state index contributed by atoms with van der Waals surface area (Å²) in [7, 11) is 0. The van der Waals surface area contributed by atoms with Crippen molar-refractivity contribution in [2.45, 2.75) is 13.1 Å². The van der Waals surface area contributed by atoms with Crippen molar-refractivity contribution in [2.24, 2.45) is 0 Å². The zero-order chi connectivity index (χ0) is 15.9. The highest BCUT2D eigenvalue weighted by Crippen LogP contribution is 2.33. The van der Waals surface area contributed by atoms with Crippen LogP contribution in [0.15, 0.2) is 33.3 Å². The van der Waals surface area contributed by atoms with E-state index in [0.29, 0.717) is 11.4 Å². The normalized spacial score (nSPS) is 11.8. The van der Waals surface area contributed by atoms with Gasteiger partial charge in [0.25, 0.3) is 5.89 Å². The summed E-state index contributed by atoms with van der Waals surface area (Å²) in [6.45, 7) is 1.76. The van der Waals surface area contributed by atoms with Gasteiger partial charge in [-0.2, -0.15) is 18.2 Å². The van der Waals surface area contributed by atoms with Crippen LogP contribution in [0.2, 0.25) is 0 Å². The molecule has 0 fully saturated rings. The van der Waals surface area contributed by atoms with Crippen LogP contribution in [0.3, 0.4) is 0 Å². The first-order valence-corrected chi connectivity index (χ1v) is 6.08. The van der Waals surface area contributed by atoms with E-state index in [0.717, 1.165) is 17.7 Å². The number of aromatic nitrogens is 3. The standard InChI is InChI=1S/C13H9F3N4O2/c1-6-4-7(5-18-10(6)17)11-19-12(22-20-11)8-2-3-9(21-8)13(14,15)16/h2-5H,1H3,(H2,17,18). The Hall–Kier alpha value is -2.84. The van der Waals surface area contributed by atoms with E-state index in [1.807, 2.05) is 0 Å². The lowest BCUT2D eigenvalue weighted by atomic mass is 10.2. The third-order valence-corrected chi connectivity index (χ3v) is 2.90. The van der Waals surface area contributed by atoms with Gasteiger partial charge in [-0.15, -0.1) is 0 Å². The molecule has 0 saturated carbocycles. The van der Waals surface area contributed by atoms with E-state index in [1.54, 1.807) is 13.0 Å². The SMILES string of the molecule is Cc1cc(-c2noc(-c3ccc(C(F)(F)F)o3)n2)cnc1N. The molecule has 6 nitrogen and oxygen atoms in total. The Morgan fingerprint density at radius 3 is 2.64 bits per heavy atom. The topological polar surface area (TPSA) is 91.0 Å². The maximum Gasteiger partial charge on any atom is 0.449 e. The van der Waals surface area contributed by atoms with Gasteiger partial charge in [-0.3, -0.25) is 0 Å². The van der Waals surface area contributed by atoms with Crippen molar-refractivity contribution >= 4 is 5.82 Å². The monoisotopic (exact) mass is 310 g/mol. The van der Waals surface area contributed by atoms with Crippen LogP contribution >= 0.6 is 0 Å². The lowest BCUT2D eigenvalue weighted by molar-refractivity contribution is -0.152. The molecular formula is C13H9F3N4O2. The molecular weight excluding hydrogens is 301 g/mol. The maximum atomic E-state index is 12.5. The molecule has 2 N–H and O–H groups in total. The average Bonchev–Trinajstić information content (AvgIpc) is 3.08. The summed E-state index contributed by atoms with van der Waals surface area (Å²) in [6.07, 6.45) is -3.13. The summed E-state index contributed by atoms with van der Waals surface area (Å²) in [4.78, 5) is 7.95. The summed E-state index contributed by atoms with van der Waals surface area (Å²) in [6, 6.07) is 3.61. The number of hydrogen-bond acceptors (Lipinski definition) is 6. The fraction of sp³-hybridized carbons (Fsp3) is 0.154. The Balaban J connectivity index is 1.93. The minimum atomic E-state index is -4.57. The van der Waals surface area contributed by atoms with Crippen LogP contribution in [-0.2, 0) is 6.18 Å². The predicted octanol–water partition coefficient (Wildman–Crippen LogP) is 3.30. The molecule has 0 atom stereocenters. The Labute approximate surface area is 121 Å². The summed E-state index contributed by atoms with van der Waals surface area (Å²) in [5.74, 6) is -0.901. The molecule has 114 valence electrons. The number of halogens is 3. The number of rotatable bonds is 2. The van der Waals surface area contributed by atoms with Crippen LogP contribution in [0.25, 0.3) is 23.0 Å². The highest BCUT2D eigenvalue weighted by molar-refractivity contribution is 5.59. The number of nitrogen functional groups attached to an aromatic ring is 1. The van der Waals surface area contributed by atoms with Crippen LogP contribution in [0.4, 0.5) is 19.0 Å². The van der Waals surface area contributed by atoms with Crippen LogP contribution in [-0.4, -0.2) is 15.1 Å². The van der Waals surface area contributed by atoms with E-state index in [1.165, 1.54) is 6.20 Å². The Morgan fingerprint density at radius 1 is 1.23 bits per heavy atom. The molecule has 0 amide bonds. The van der Waals surface area contributed by atoms with Crippen molar-refractivity contribution in [2.75, 3.05) is 5.73 Å². The van der Waals surface area contributed by atoms with E-state index in [-0.39, 0.29) is 17.5 Å². The number of alkyl halides is 3. The quantitative estimate of drug-likeness (QED) is 0.781. The fourth-order valence-corrected chi connectivity index (χ4v) is 1.75. The first-order chi connectivity index (χ1) is 10.3. The molecule has 0 aliphatic carbocycles.